The highest BCUT2D eigenvalue weighted by atomic mass is 32.2. The number of ether oxygens (including phenoxy) is 2. The van der Waals surface area contributed by atoms with E-state index in [0.717, 1.165) is 12.1 Å². The second kappa shape index (κ2) is 16.0. The molecule has 0 aromatic heterocycles. The number of hydrogen-bond acceptors (Lipinski definition) is 10. The number of azo groups is 2. The molecule has 0 aliphatic rings. The first kappa shape index (κ1) is 34.8. The molecule has 0 fully saturated rings. The average molecular weight is 687 g/mol. The fraction of sp³-hybridized carbons (Fsp3) is 0.133. The Hall–Kier alpha value is -6.06. The maximum absolute atomic E-state index is 12.9. The summed E-state index contributed by atoms with van der Waals surface area (Å²) < 4.78 is 68.1. The molecular formula is C30H26N10O6S2. The van der Waals surface area contributed by atoms with Crippen LogP contribution in [-0.4, -0.2) is 30.0 Å². The van der Waals surface area contributed by atoms with Crippen molar-refractivity contribution in [3.63, 3.8) is 0 Å². The predicted molar refractivity (Wildman–Crippen MR) is 178 cm³/mol. The molecule has 0 radical (unpaired) electrons. The third-order valence-electron chi connectivity index (χ3n) is 6.14. The van der Waals surface area contributed by atoms with Crippen LogP contribution < -0.4 is 9.47 Å². The summed E-state index contributed by atoms with van der Waals surface area (Å²) in [7, 11) is -9.08. The fourth-order valence-corrected chi connectivity index (χ4v) is 5.81. The van der Waals surface area contributed by atoms with Crippen LogP contribution in [0.25, 0.3) is 33.0 Å². The van der Waals surface area contributed by atoms with Crippen molar-refractivity contribution in [3.05, 3.63) is 117 Å². The van der Waals surface area contributed by atoms with Crippen molar-refractivity contribution in [3.8, 4) is 11.5 Å². The summed E-state index contributed by atoms with van der Waals surface area (Å²) in [5, 5.41) is 16.4. The Morgan fingerprint density at radius 2 is 0.896 bits per heavy atom. The van der Waals surface area contributed by atoms with Crippen LogP contribution in [0.2, 0.25) is 0 Å². The van der Waals surface area contributed by atoms with Crippen molar-refractivity contribution < 1.29 is 26.3 Å². The second-order valence-electron chi connectivity index (χ2n) is 9.32. The lowest BCUT2D eigenvalue weighted by molar-refractivity contribution is 0.340. The van der Waals surface area contributed by atoms with Gasteiger partial charge in [-0.3, -0.25) is 0 Å². The Morgan fingerprint density at radius 3 is 1.23 bits per heavy atom. The number of hydrogen-bond donors (Lipinski definition) is 0. The lowest BCUT2D eigenvalue weighted by atomic mass is 10.1. The van der Waals surface area contributed by atoms with E-state index in [9.17, 15) is 16.8 Å². The van der Waals surface area contributed by atoms with E-state index in [1.165, 1.54) is 36.4 Å². The normalized spacial score (nSPS) is 11.8. The molecular weight excluding hydrogens is 661 g/mol. The van der Waals surface area contributed by atoms with Crippen LogP contribution in [0.5, 0.6) is 11.5 Å². The van der Waals surface area contributed by atoms with Gasteiger partial charge >= 0.3 is 0 Å². The first-order chi connectivity index (χ1) is 23.1. The molecule has 0 saturated carbocycles. The van der Waals surface area contributed by atoms with Gasteiger partial charge in [0.1, 0.15) is 11.5 Å². The zero-order valence-electron chi connectivity index (χ0n) is 25.4. The summed E-state index contributed by atoms with van der Waals surface area (Å²) >= 11 is 0. The van der Waals surface area contributed by atoms with Crippen molar-refractivity contribution in [2.75, 3.05) is 13.2 Å². The van der Waals surface area contributed by atoms with Crippen molar-refractivity contribution in [2.24, 2.45) is 29.5 Å². The van der Waals surface area contributed by atoms with E-state index >= 15 is 0 Å². The molecule has 4 aromatic rings. The second-order valence-corrected chi connectivity index (χ2v) is 12.4. The van der Waals surface area contributed by atoms with Crippen molar-refractivity contribution in [1.82, 2.24) is 0 Å². The van der Waals surface area contributed by atoms with Crippen molar-refractivity contribution >= 4 is 54.9 Å². The van der Waals surface area contributed by atoms with Gasteiger partial charge in [0.25, 0.3) is 20.0 Å². The van der Waals surface area contributed by atoms with E-state index in [1.54, 1.807) is 48.5 Å². The number of nitrogens with zero attached hydrogens (tertiary/aromatic N) is 10. The molecule has 0 aliphatic carbocycles. The first-order valence-electron chi connectivity index (χ1n) is 14.0. The molecule has 16 nitrogen and oxygen atoms in total. The topological polar surface area (TPSA) is 234 Å². The van der Waals surface area contributed by atoms with Crippen LogP contribution in [0.1, 0.15) is 25.0 Å². The zero-order chi connectivity index (χ0) is 34.6. The SMILES string of the molecule is CCOc1ccc(N=Nc2ccc(C=Cc3ccc(N=Nc4ccc(OCC)cc4)cc3S(=O)(=O)N=[N+]=[N-])c(S(=O)(=O)N=[N+]=[N-])c2)cc1. The van der Waals surface area contributed by atoms with Crippen LogP contribution in [0.3, 0.4) is 0 Å². The van der Waals surface area contributed by atoms with Gasteiger partial charge in [-0.15, -0.1) is 0 Å². The van der Waals surface area contributed by atoms with Gasteiger partial charge in [0.2, 0.25) is 0 Å². The molecule has 0 aliphatic heterocycles. The number of rotatable bonds is 14. The lowest BCUT2D eigenvalue weighted by Gasteiger charge is -2.07. The summed E-state index contributed by atoms with van der Waals surface area (Å²) in [6.07, 6.45) is 2.58. The monoisotopic (exact) mass is 686 g/mol. The highest BCUT2D eigenvalue weighted by molar-refractivity contribution is 7.90. The minimum atomic E-state index is -4.54. The Bertz CT molecular complexity index is 2030. The smallest absolute Gasteiger partial charge is 0.265 e. The third kappa shape index (κ3) is 9.24. The van der Waals surface area contributed by atoms with Gasteiger partial charge in [-0.25, -0.2) is 16.8 Å². The van der Waals surface area contributed by atoms with E-state index in [2.05, 4.69) is 39.3 Å². The standard InChI is InChI=1S/C30H26N10O6S2/c1-3-45-27-15-11-23(12-16-27)33-35-25-9-7-21(29(19-25)47(41,42)39-37-31)5-6-22-8-10-26(20-30(22)48(43,44)40-38-32)36-34-24-13-17-28(18-14-24)46-4-2/h5-20H,3-4H2,1-2H3. The minimum absolute atomic E-state index is 0.0359. The van der Waals surface area contributed by atoms with Crippen molar-refractivity contribution in [2.45, 2.75) is 23.6 Å². The summed E-state index contributed by atoms with van der Waals surface area (Å²) in [6, 6.07) is 21.5. The van der Waals surface area contributed by atoms with Crippen LogP contribution in [-0.2, 0) is 20.0 Å². The highest BCUT2D eigenvalue weighted by Crippen LogP contribution is 2.31. The van der Waals surface area contributed by atoms with Crippen LogP contribution in [0.4, 0.5) is 22.7 Å². The van der Waals surface area contributed by atoms with Gasteiger partial charge in [-0.2, -0.15) is 20.5 Å². The van der Waals surface area contributed by atoms with Gasteiger partial charge < -0.3 is 9.47 Å². The van der Waals surface area contributed by atoms with Crippen molar-refractivity contribution in [1.29, 1.82) is 0 Å². The summed E-state index contributed by atoms with van der Waals surface area (Å²) in [4.78, 5) is 3.99. The number of benzene rings is 4. The maximum atomic E-state index is 12.9. The molecule has 0 amide bonds. The first-order valence-corrected chi connectivity index (χ1v) is 16.8. The molecule has 0 bridgehead atoms. The van der Waals surface area contributed by atoms with E-state index < -0.39 is 29.8 Å². The Labute approximate surface area is 275 Å². The zero-order valence-corrected chi connectivity index (χ0v) is 27.0. The van der Waals surface area contributed by atoms with Crippen LogP contribution in [0, 0.1) is 0 Å². The Kier molecular flexibility index (Phi) is 11.6. The molecule has 4 rings (SSSR count). The van der Waals surface area contributed by atoms with Gasteiger partial charge in [-0.05, 0) is 109 Å². The molecule has 0 saturated heterocycles. The van der Waals surface area contributed by atoms with Gasteiger partial charge in [0.15, 0.2) is 0 Å². The maximum Gasteiger partial charge on any atom is 0.265 e. The van der Waals surface area contributed by atoms with E-state index in [-0.39, 0.29) is 22.5 Å². The quantitative estimate of drug-likeness (QED) is 0.0541. The molecule has 48 heavy (non-hydrogen) atoms. The van der Waals surface area contributed by atoms with E-state index in [4.69, 9.17) is 20.5 Å². The number of azide groups is 2. The largest absolute Gasteiger partial charge is 0.494 e. The molecule has 18 heteroatoms. The molecule has 244 valence electrons. The molecule has 0 spiro atoms. The fourth-order valence-electron chi connectivity index (χ4n) is 4.04. The van der Waals surface area contributed by atoms with Crippen LogP contribution in [0.15, 0.2) is 124 Å². The molecule has 0 heterocycles. The average Bonchev–Trinajstić information content (AvgIpc) is 3.07. The predicted octanol–water partition coefficient (Wildman–Crippen LogP) is 9.48. The Morgan fingerprint density at radius 1 is 0.562 bits per heavy atom. The number of sulfonamides is 2. The highest BCUT2D eigenvalue weighted by Gasteiger charge is 2.19. The van der Waals surface area contributed by atoms with Crippen LogP contribution >= 0.6 is 0 Å². The summed E-state index contributed by atoms with van der Waals surface area (Å²) in [5.74, 6) is 1.29. The lowest BCUT2D eigenvalue weighted by Crippen LogP contribution is -1.99. The molecule has 0 N–H and O–H groups in total. The summed E-state index contributed by atoms with van der Waals surface area (Å²) in [5.41, 5.74) is 19.0. The van der Waals surface area contributed by atoms with Gasteiger partial charge in [-0.1, -0.05) is 24.3 Å². The molecule has 0 unspecified atom stereocenters. The molecule has 0 atom stereocenters. The van der Waals surface area contributed by atoms with Gasteiger partial charge in [0, 0.05) is 18.9 Å². The Balaban J connectivity index is 1.70. The van der Waals surface area contributed by atoms with Gasteiger partial charge in [0.05, 0.1) is 45.8 Å². The van der Waals surface area contributed by atoms with E-state index in [0.29, 0.717) is 36.1 Å². The van der Waals surface area contributed by atoms with E-state index in [1.807, 2.05) is 13.8 Å². The molecule has 4 aromatic carbocycles. The minimum Gasteiger partial charge on any atom is -0.494 e. The summed E-state index contributed by atoms with van der Waals surface area (Å²) in [6.45, 7) is 4.71. The third-order valence-corrected chi connectivity index (χ3v) is 8.53.